The van der Waals surface area contributed by atoms with Gasteiger partial charge >= 0.3 is 0 Å². The summed E-state index contributed by atoms with van der Waals surface area (Å²) in [6, 6.07) is 8.45. The van der Waals surface area contributed by atoms with E-state index in [2.05, 4.69) is 41.2 Å². The molecule has 0 saturated heterocycles. The lowest BCUT2D eigenvalue weighted by Crippen LogP contribution is -2.13. The Balaban J connectivity index is 2.25. The zero-order valence-electron chi connectivity index (χ0n) is 10.8. The number of anilines is 2. The number of aromatic nitrogens is 2. The van der Waals surface area contributed by atoms with Crippen LogP contribution in [0.3, 0.4) is 0 Å². The molecule has 0 amide bonds. The minimum atomic E-state index is 0.406. The molecule has 1 aromatic heterocycles. The Morgan fingerprint density at radius 1 is 1.17 bits per heavy atom. The minimum absolute atomic E-state index is 0.406. The third-order valence-corrected chi connectivity index (χ3v) is 2.96. The second-order valence-corrected chi connectivity index (χ2v) is 4.15. The van der Waals surface area contributed by atoms with E-state index in [1.54, 1.807) is 12.4 Å². The topological polar surface area (TPSA) is 55.0 Å². The van der Waals surface area contributed by atoms with Gasteiger partial charge in [0, 0.05) is 25.5 Å². The van der Waals surface area contributed by atoms with E-state index < -0.39 is 0 Å². The number of hydrogen-bond acceptors (Lipinski definition) is 4. The van der Waals surface area contributed by atoms with Crippen molar-refractivity contribution in [1.82, 2.24) is 9.97 Å². The third kappa shape index (κ3) is 2.65. The van der Waals surface area contributed by atoms with Crippen molar-refractivity contribution in [3.05, 3.63) is 47.9 Å². The van der Waals surface area contributed by atoms with Crippen molar-refractivity contribution < 1.29 is 0 Å². The van der Waals surface area contributed by atoms with Gasteiger partial charge in [-0.15, -0.1) is 0 Å². The summed E-state index contributed by atoms with van der Waals surface area (Å²) in [5, 5.41) is 0. The maximum Gasteiger partial charge on any atom is 0.151 e. The summed E-state index contributed by atoms with van der Waals surface area (Å²) < 4.78 is 0. The molecule has 0 bridgehead atoms. The molecule has 1 aromatic carbocycles. The Kier molecular flexibility index (Phi) is 3.89. The van der Waals surface area contributed by atoms with Crippen molar-refractivity contribution in [2.24, 2.45) is 5.73 Å². The SMILES string of the molecule is CCc1ccc(N(C)c2cncc(CN)n2)cc1. The highest BCUT2D eigenvalue weighted by molar-refractivity contribution is 5.58. The monoisotopic (exact) mass is 242 g/mol. The molecule has 0 aliphatic rings. The number of aryl methyl sites for hydroxylation is 1. The second kappa shape index (κ2) is 5.60. The van der Waals surface area contributed by atoms with E-state index in [9.17, 15) is 0 Å². The lowest BCUT2D eigenvalue weighted by molar-refractivity contribution is 0.946. The van der Waals surface area contributed by atoms with E-state index in [-0.39, 0.29) is 0 Å². The van der Waals surface area contributed by atoms with Gasteiger partial charge in [-0.05, 0) is 24.1 Å². The number of hydrogen-bond donors (Lipinski definition) is 1. The van der Waals surface area contributed by atoms with Crippen molar-refractivity contribution in [3.8, 4) is 0 Å². The minimum Gasteiger partial charge on any atom is -0.328 e. The molecule has 0 spiro atoms. The van der Waals surface area contributed by atoms with Gasteiger partial charge in [0.05, 0.1) is 11.9 Å². The molecule has 18 heavy (non-hydrogen) atoms. The standard InChI is InChI=1S/C14H18N4/c1-3-11-4-6-13(7-5-11)18(2)14-10-16-9-12(8-15)17-14/h4-7,9-10H,3,8,15H2,1-2H3. The number of nitrogens with zero attached hydrogens (tertiary/aromatic N) is 3. The third-order valence-electron chi connectivity index (χ3n) is 2.96. The molecule has 0 fully saturated rings. The molecular formula is C14H18N4. The molecule has 0 unspecified atom stereocenters. The zero-order valence-corrected chi connectivity index (χ0v) is 10.8. The Morgan fingerprint density at radius 3 is 2.50 bits per heavy atom. The lowest BCUT2D eigenvalue weighted by Gasteiger charge is -2.18. The van der Waals surface area contributed by atoms with Crippen LogP contribution in [0.2, 0.25) is 0 Å². The van der Waals surface area contributed by atoms with Gasteiger partial charge in [0.2, 0.25) is 0 Å². The average molecular weight is 242 g/mol. The molecule has 94 valence electrons. The molecule has 0 saturated carbocycles. The van der Waals surface area contributed by atoms with Gasteiger partial charge in [-0.3, -0.25) is 4.98 Å². The number of rotatable bonds is 4. The highest BCUT2D eigenvalue weighted by Gasteiger charge is 2.06. The summed E-state index contributed by atoms with van der Waals surface area (Å²) in [5.41, 5.74) is 8.79. The summed E-state index contributed by atoms with van der Waals surface area (Å²) in [5.74, 6) is 0.808. The van der Waals surface area contributed by atoms with Crippen LogP contribution in [0.15, 0.2) is 36.7 Å². The fraction of sp³-hybridized carbons (Fsp3) is 0.286. The Hall–Kier alpha value is -1.94. The number of benzene rings is 1. The summed E-state index contributed by atoms with van der Waals surface area (Å²) in [4.78, 5) is 10.6. The van der Waals surface area contributed by atoms with Crippen LogP contribution in [0.5, 0.6) is 0 Å². The van der Waals surface area contributed by atoms with Crippen LogP contribution in [0.1, 0.15) is 18.2 Å². The van der Waals surface area contributed by atoms with Crippen LogP contribution in [0, 0.1) is 0 Å². The van der Waals surface area contributed by atoms with Gasteiger partial charge in [-0.25, -0.2) is 4.98 Å². The molecule has 2 aromatic rings. The quantitative estimate of drug-likeness (QED) is 0.893. The van der Waals surface area contributed by atoms with Gasteiger partial charge in [0.15, 0.2) is 5.82 Å². The first-order valence-electron chi connectivity index (χ1n) is 6.08. The Morgan fingerprint density at radius 2 is 1.89 bits per heavy atom. The van der Waals surface area contributed by atoms with E-state index in [4.69, 9.17) is 5.73 Å². The van der Waals surface area contributed by atoms with Gasteiger partial charge in [-0.1, -0.05) is 19.1 Å². The molecule has 2 rings (SSSR count). The van der Waals surface area contributed by atoms with Crippen molar-refractivity contribution in [1.29, 1.82) is 0 Å². The fourth-order valence-corrected chi connectivity index (χ4v) is 1.74. The van der Waals surface area contributed by atoms with Crippen LogP contribution < -0.4 is 10.6 Å². The van der Waals surface area contributed by atoms with Gasteiger partial charge in [0.1, 0.15) is 0 Å². The summed E-state index contributed by atoms with van der Waals surface area (Å²) >= 11 is 0. The van der Waals surface area contributed by atoms with E-state index in [1.165, 1.54) is 5.56 Å². The summed E-state index contributed by atoms with van der Waals surface area (Å²) in [7, 11) is 1.98. The highest BCUT2D eigenvalue weighted by atomic mass is 15.2. The molecule has 1 heterocycles. The van der Waals surface area contributed by atoms with E-state index in [1.807, 2.05) is 11.9 Å². The van der Waals surface area contributed by atoms with Crippen molar-refractivity contribution in [3.63, 3.8) is 0 Å². The predicted molar refractivity (Wildman–Crippen MR) is 73.8 cm³/mol. The first kappa shape index (κ1) is 12.5. The molecule has 4 heteroatoms. The smallest absolute Gasteiger partial charge is 0.151 e. The van der Waals surface area contributed by atoms with Crippen molar-refractivity contribution in [2.45, 2.75) is 19.9 Å². The van der Waals surface area contributed by atoms with Crippen LogP contribution >= 0.6 is 0 Å². The van der Waals surface area contributed by atoms with Crippen molar-refractivity contribution >= 4 is 11.5 Å². The predicted octanol–water partition coefficient (Wildman–Crippen LogP) is 2.27. The Bertz CT molecular complexity index is 507. The first-order chi connectivity index (χ1) is 8.74. The Labute approximate surface area is 107 Å². The molecular weight excluding hydrogens is 224 g/mol. The number of nitrogens with two attached hydrogens (primary N) is 1. The molecule has 0 aliphatic carbocycles. The van der Waals surface area contributed by atoms with Crippen LogP contribution in [-0.4, -0.2) is 17.0 Å². The average Bonchev–Trinajstić information content (AvgIpc) is 2.46. The molecule has 4 nitrogen and oxygen atoms in total. The zero-order chi connectivity index (χ0) is 13.0. The van der Waals surface area contributed by atoms with Gasteiger partial charge < -0.3 is 10.6 Å². The molecule has 0 radical (unpaired) electrons. The summed E-state index contributed by atoms with van der Waals surface area (Å²) in [6.07, 6.45) is 4.48. The van der Waals surface area contributed by atoms with Crippen LogP contribution in [0.4, 0.5) is 11.5 Å². The largest absolute Gasteiger partial charge is 0.328 e. The van der Waals surface area contributed by atoms with Crippen molar-refractivity contribution in [2.75, 3.05) is 11.9 Å². The normalized spacial score (nSPS) is 10.4. The first-order valence-corrected chi connectivity index (χ1v) is 6.08. The second-order valence-electron chi connectivity index (χ2n) is 4.15. The van der Waals surface area contributed by atoms with Crippen LogP contribution in [-0.2, 0) is 13.0 Å². The maximum atomic E-state index is 5.57. The van der Waals surface area contributed by atoms with Crippen LogP contribution in [0.25, 0.3) is 0 Å². The van der Waals surface area contributed by atoms with Gasteiger partial charge in [-0.2, -0.15) is 0 Å². The molecule has 0 aliphatic heterocycles. The maximum absolute atomic E-state index is 5.57. The molecule has 2 N–H and O–H groups in total. The fourth-order valence-electron chi connectivity index (χ4n) is 1.74. The summed E-state index contributed by atoms with van der Waals surface area (Å²) in [6.45, 7) is 2.55. The van der Waals surface area contributed by atoms with E-state index in [0.29, 0.717) is 6.54 Å². The van der Waals surface area contributed by atoms with Gasteiger partial charge in [0.25, 0.3) is 0 Å². The van der Waals surface area contributed by atoms with E-state index >= 15 is 0 Å². The highest BCUT2D eigenvalue weighted by Crippen LogP contribution is 2.21. The van der Waals surface area contributed by atoms with E-state index in [0.717, 1.165) is 23.6 Å². The lowest BCUT2D eigenvalue weighted by atomic mass is 10.1. The molecule has 0 atom stereocenters.